The predicted molar refractivity (Wildman–Crippen MR) is 74.8 cm³/mol. The highest BCUT2D eigenvalue weighted by molar-refractivity contribution is 14.1. The molecule has 0 amide bonds. The Balaban J connectivity index is 2.52. The van der Waals surface area contributed by atoms with Crippen LogP contribution in [-0.4, -0.2) is 11.1 Å². The number of benzene rings is 1. The number of aromatic nitrogens is 1. The van der Waals surface area contributed by atoms with E-state index in [1.54, 1.807) is 0 Å². The van der Waals surface area contributed by atoms with Crippen molar-refractivity contribution in [3.63, 3.8) is 0 Å². The van der Waals surface area contributed by atoms with Crippen molar-refractivity contribution in [2.45, 2.75) is 26.4 Å². The van der Waals surface area contributed by atoms with E-state index in [1.807, 2.05) is 12.3 Å². The predicted octanol–water partition coefficient (Wildman–Crippen LogP) is 4.02. The molecule has 84 valence electrons. The van der Waals surface area contributed by atoms with E-state index in [0.717, 1.165) is 26.6 Å². The van der Waals surface area contributed by atoms with Crippen molar-refractivity contribution < 1.29 is 4.74 Å². The Hall–Kier alpha value is -0.840. The van der Waals surface area contributed by atoms with Crippen LogP contribution in [0.2, 0.25) is 0 Å². The maximum Gasteiger partial charge on any atom is 0.159 e. The molecule has 1 atom stereocenters. The molecule has 1 aromatic heterocycles. The van der Waals surface area contributed by atoms with E-state index >= 15 is 0 Å². The van der Waals surface area contributed by atoms with Crippen molar-refractivity contribution in [2.24, 2.45) is 0 Å². The van der Waals surface area contributed by atoms with Crippen molar-refractivity contribution in [1.29, 1.82) is 0 Å². The first-order chi connectivity index (χ1) is 7.72. The molecule has 0 spiro atoms. The number of fused-ring (bicyclic) bond motifs is 1. The molecular weight excluding hydrogens is 313 g/mol. The molecule has 1 unspecified atom stereocenters. The van der Waals surface area contributed by atoms with Crippen LogP contribution < -0.4 is 4.74 Å². The van der Waals surface area contributed by atoms with Crippen LogP contribution in [0.4, 0.5) is 0 Å². The van der Waals surface area contributed by atoms with Crippen LogP contribution in [0.5, 0.6) is 5.75 Å². The summed E-state index contributed by atoms with van der Waals surface area (Å²) in [7, 11) is 0. The summed E-state index contributed by atoms with van der Waals surface area (Å²) in [4.78, 5) is 4.40. The quantitative estimate of drug-likeness (QED) is 0.795. The van der Waals surface area contributed by atoms with Gasteiger partial charge in [-0.05, 0) is 48.1 Å². The van der Waals surface area contributed by atoms with Gasteiger partial charge in [-0.15, -0.1) is 0 Å². The molecule has 0 fully saturated rings. The summed E-state index contributed by atoms with van der Waals surface area (Å²) in [5, 5.41) is 1.13. The second-order valence-electron chi connectivity index (χ2n) is 3.79. The van der Waals surface area contributed by atoms with Gasteiger partial charge >= 0.3 is 0 Å². The maximum absolute atomic E-state index is 5.94. The van der Waals surface area contributed by atoms with E-state index in [1.165, 1.54) is 0 Å². The largest absolute Gasteiger partial charge is 0.487 e. The Kier molecular flexibility index (Phi) is 3.63. The first kappa shape index (κ1) is 11.6. The first-order valence-electron chi connectivity index (χ1n) is 5.42. The van der Waals surface area contributed by atoms with E-state index < -0.39 is 0 Å². The minimum absolute atomic E-state index is 0.223. The van der Waals surface area contributed by atoms with E-state index in [4.69, 9.17) is 4.74 Å². The Morgan fingerprint density at radius 1 is 1.38 bits per heavy atom. The molecule has 0 saturated carbocycles. The molecule has 3 heteroatoms. The fourth-order valence-corrected chi connectivity index (χ4v) is 2.05. The molecule has 0 aliphatic heterocycles. The van der Waals surface area contributed by atoms with Crippen molar-refractivity contribution in [2.75, 3.05) is 0 Å². The monoisotopic (exact) mass is 327 g/mol. The van der Waals surface area contributed by atoms with E-state index in [2.05, 4.69) is 59.6 Å². The van der Waals surface area contributed by atoms with E-state index in [-0.39, 0.29) is 6.10 Å². The van der Waals surface area contributed by atoms with Crippen molar-refractivity contribution in [3.8, 4) is 5.75 Å². The molecule has 16 heavy (non-hydrogen) atoms. The second kappa shape index (κ2) is 4.99. The highest BCUT2D eigenvalue weighted by atomic mass is 127. The summed E-state index contributed by atoms with van der Waals surface area (Å²) in [6, 6.07) is 8.15. The Morgan fingerprint density at radius 3 is 2.94 bits per heavy atom. The average molecular weight is 327 g/mol. The molecule has 0 aliphatic carbocycles. The van der Waals surface area contributed by atoms with Crippen molar-refractivity contribution >= 4 is 33.5 Å². The Labute approximate surface area is 109 Å². The molecule has 0 bridgehead atoms. The van der Waals surface area contributed by atoms with Gasteiger partial charge in [0.15, 0.2) is 5.75 Å². The number of pyridine rings is 1. The van der Waals surface area contributed by atoms with Crippen LogP contribution in [0.3, 0.4) is 0 Å². The Morgan fingerprint density at radius 2 is 2.19 bits per heavy atom. The average Bonchev–Trinajstić information content (AvgIpc) is 2.32. The second-order valence-corrected chi connectivity index (χ2v) is 4.95. The third-order valence-corrected chi connectivity index (χ3v) is 3.42. The highest BCUT2D eigenvalue weighted by Gasteiger charge is 2.10. The van der Waals surface area contributed by atoms with Gasteiger partial charge in [0, 0.05) is 11.6 Å². The lowest BCUT2D eigenvalue weighted by atomic mass is 10.2. The summed E-state index contributed by atoms with van der Waals surface area (Å²) in [6.07, 6.45) is 3.03. The minimum atomic E-state index is 0.223. The topological polar surface area (TPSA) is 22.1 Å². The van der Waals surface area contributed by atoms with Gasteiger partial charge < -0.3 is 4.74 Å². The van der Waals surface area contributed by atoms with Crippen LogP contribution in [0.25, 0.3) is 10.9 Å². The third-order valence-electron chi connectivity index (χ3n) is 2.57. The Bertz CT molecular complexity index is 498. The zero-order valence-corrected chi connectivity index (χ0v) is 11.6. The van der Waals surface area contributed by atoms with Crippen molar-refractivity contribution in [3.05, 3.63) is 34.0 Å². The van der Waals surface area contributed by atoms with Gasteiger partial charge in [0.25, 0.3) is 0 Å². The molecule has 1 heterocycles. The number of halogens is 1. The lowest BCUT2D eigenvalue weighted by molar-refractivity contribution is 0.218. The molecule has 2 nitrogen and oxygen atoms in total. The molecule has 0 aliphatic rings. The smallest absolute Gasteiger partial charge is 0.159 e. The van der Waals surface area contributed by atoms with Gasteiger partial charge in [-0.25, -0.2) is 0 Å². The summed E-state index contributed by atoms with van der Waals surface area (Å²) in [5.74, 6) is 0.910. The number of rotatable bonds is 3. The first-order valence-corrected chi connectivity index (χ1v) is 6.50. The van der Waals surface area contributed by atoms with Gasteiger partial charge in [0.1, 0.15) is 5.52 Å². The maximum atomic E-state index is 5.94. The third kappa shape index (κ3) is 2.29. The number of hydrogen-bond acceptors (Lipinski definition) is 2. The van der Waals surface area contributed by atoms with Gasteiger partial charge in [-0.2, -0.15) is 0 Å². The minimum Gasteiger partial charge on any atom is -0.487 e. The molecule has 2 rings (SSSR count). The van der Waals surface area contributed by atoms with Crippen LogP contribution in [0.15, 0.2) is 30.5 Å². The number of hydrogen-bond donors (Lipinski definition) is 0. The lowest BCUT2D eigenvalue weighted by Gasteiger charge is -2.15. The molecular formula is C13H14INO. The molecule has 1 aromatic carbocycles. The molecule has 0 N–H and O–H groups in total. The molecule has 0 saturated heterocycles. The summed E-state index contributed by atoms with van der Waals surface area (Å²) in [6.45, 7) is 4.20. The van der Waals surface area contributed by atoms with Gasteiger partial charge in [-0.3, -0.25) is 4.98 Å². The zero-order chi connectivity index (χ0) is 11.5. The van der Waals surface area contributed by atoms with Crippen LogP contribution in [0.1, 0.15) is 20.3 Å². The molecule has 2 aromatic rings. The summed E-state index contributed by atoms with van der Waals surface area (Å²) < 4.78 is 7.05. The zero-order valence-electron chi connectivity index (χ0n) is 9.40. The fourth-order valence-electron chi connectivity index (χ4n) is 1.49. The highest BCUT2D eigenvalue weighted by Crippen LogP contribution is 2.30. The SMILES string of the molecule is CCC(C)Oc1c(I)ccc2cccnc12. The number of ether oxygens (including phenoxy) is 1. The van der Waals surface area contributed by atoms with Gasteiger partial charge in [0.2, 0.25) is 0 Å². The van der Waals surface area contributed by atoms with E-state index in [9.17, 15) is 0 Å². The van der Waals surface area contributed by atoms with Crippen molar-refractivity contribution in [1.82, 2.24) is 4.98 Å². The van der Waals surface area contributed by atoms with E-state index in [0.29, 0.717) is 0 Å². The van der Waals surface area contributed by atoms with Crippen LogP contribution in [0, 0.1) is 3.57 Å². The molecule has 0 radical (unpaired) electrons. The van der Waals surface area contributed by atoms with Gasteiger partial charge in [0.05, 0.1) is 9.67 Å². The normalized spacial score (nSPS) is 12.7. The summed E-state index contributed by atoms with van der Waals surface area (Å²) in [5.41, 5.74) is 0.953. The summed E-state index contributed by atoms with van der Waals surface area (Å²) >= 11 is 2.29. The lowest BCUT2D eigenvalue weighted by Crippen LogP contribution is -2.11. The fraction of sp³-hybridized carbons (Fsp3) is 0.308. The standard InChI is InChI=1S/C13H14INO/c1-3-9(2)16-13-11(14)7-6-10-5-4-8-15-12(10)13/h4-9H,3H2,1-2H3. The number of nitrogens with zero attached hydrogens (tertiary/aromatic N) is 1. The van der Waals surface area contributed by atoms with Crippen LogP contribution in [-0.2, 0) is 0 Å². The van der Waals surface area contributed by atoms with Crippen LogP contribution >= 0.6 is 22.6 Å². The van der Waals surface area contributed by atoms with Gasteiger partial charge in [-0.1, -0.05) is 19.1 Å².